The van der Waals surface area contributed by atoms with Crippen LogP contribution in [0.25, 0.3) is 0 Å². The Morgan fingerprint density at radius 1 is 1.08 bits per heavy atom. The number of thiophene rings is 1. The van der Waals surface area contributed by atoms with Gasteiger partial charge in [-0.1, -0.05) is 71.6 Å². The number of amides is 1. The zero-order chi connectivity index (χ0) is 25.1. The second-order valence-corrected chi connectivity index (χ2v) is 10.9. The van der Waals surface area contributed by atoms with E-state index in [1.165, 1.54) is 39.3 Å². The van der Waals surface area contributed by atoms with Crippen LogP contribution in [-0.4, -0.2) is 33.6 Å². The third-order valence-corrected chi connectivity index (χ3v) is 8.51. The van der Waals surface area contributed by atoms with Crippen molar-refractivity contribution in [2.75, 3.05) is 11.5 Å². The number of aliphatic hydroxyl groups excluding tert-OH is 1. The van der Waals surface area contributed by atoms with E-state index >= 15 is 0 Å². The molecule has 0 saturated heterocycles. The largest absolute Gasteiger partial charge is 0.503 e. The number of ketones is 1. The standard InChI is InChI=1S/C26H21N3O4S3/c1-2-33-18-12-10-17(11-13-18)21-20(22(30)19-9-6-14-34-19)23(31)24(32)29(21)25-27-28-26(36-25)35-15-16-7-4-3-5-8-16/h3-14,21,31H,2,15H2,1H3. The van der Waals surface area contributed by atoms with Crippen molar-refractivity contribution in [3.05, 3.63) is 99.4 Å². The fourth-order valence-corrected chi connectivity index (χ4v) is 6.38. The molecule has 0 bridgehead atoms. The van der Waals surface area contributed by atoms with E-state index in [1.54, 1.807) is 41.8 Å². The first-order valence-corrected chi connectivity index (χ1v) is 13.8. The van der Waals surface area contributed by atoms with Crippen molar-refractivity contribution in [3.63, 3.8) is 0 Å². The lowest BCUT2D eigenvalue weighted by molar-refractivity contribution is -0.117. The Hall–Kier alpha value is -3.47. The lowest BCUT2D eigenvalue weighted by Gasteiger charge is -2.24. The van der Waals surface area contributed by atoms with Crippen molar-refractivity contribution in [1.82, 2.24) is 10.2 Å². The van der Waals surface area contributed by atoms with E-state index in [0.717, 1.165) is 5.56 Å². The molecule has 0 radical (unpaired) electrons. The number of nitrogens with zero attached hydrogens (tertiary/aromatic N) is 3. The minimum atomic E-state index is -0.845. The third-order valence-electron chi connectivity index (χ3n) is 5.51. The minimum Gasteiger partial charge on any atom is -0.503 e. The Morgan fingerprint density at radius 3 is 2.56 bits per heavy atom. The van der Waals surface area contributed by atoms with Crippen LogP contribution < -0.4 is 9.64 Å². The maximum Gasteiger partial charge on any atom is 0.296 e. The first kappa shape index (κ1) is 24.2. The molecule has 1 N–H and O–H groups in total. The summed E-state index contributed by atoms with van der Waals surface area (Å²) < 4.78 is 6.23. The van der Waals surface area contributed by atoms with Gasteiger partial charge in [-0.05, 0) is 41.6 Å². The Kier molecular flexibility index (Phi) is 7.17. The average molecular weight is 536 g/mol. The molecule has 1 aliphatic rings. The molecule has 182 valence electrons. The molecule has 1 atom stereocenters. The Balaban J connectivity index is 1.49. The molecular weight excluding hydrogens is 515 g/mol. The zero-order valence-corrected chi connectivity index (χ0v) is 21.6. The predicted octanol–water partition coefficient (Wildman–Crippen LogP) is 6.07. The summed E-state index contributed by atoms with van der Waals surface area (Å²) in [7, 11) is 0. The molecule has 2 aromatic carbocycles. The van der Waals surface area contributed by atoms with Gasteiger partial charge in [0.25, 0.3) is 5.91 Å². The molecule has 5 rings (SSSR count). The van der Waals surface area contributed by atoms with E-state index in [2.05, 4.69) is 10.2 Å². The summed E-state index contributed by atoms with van der Waals surface area (Å²) in [6.45, 7) is 2.41. The Bertz CT molecular complexity index is 1400. The van der Waals surface area contributed by atoms with Crippen LogP contribution in [0.1, 0.15) is 33.8 Å². The number of aliphatic hydroxyl groups is 1. The molecule has 3 heterocycles. The highest BCUT2D eigenvalue weighted by Gasteiger charge is 2.46. The van der Waals surface area contributed by atoms with Gasteiger partial charge in [-0.2, -0.15) is 0 Å². The van der Waals surface area contributed by atoms with Crippen LogP contribution in [-0.2, 0) is 10.5 Å². The predicted molar refractivity (Wildman–Crippen MR) is 142 cm³/mol. The van der Waals surface area contributed by atoms with Gasteiger partial charge in [-0.3, -0.25) is 14.5 Å². The van der Waals surface area contributed by atoms with Crippen molar-refractivity contribution in [2.45, 2.75) is 23.1 Å². The quantitative estimate of drug-likeness (QED) is 0.158. The Labute approximate surface area is 220 Å². The molecular formula is C26H21N3O4S3. The second-order valence-electron chi connectivity index (χ2n) is 7.77. The van der Waals surface area contributed by atoms with Crippen LogP contribution in [0.2, 0.25) is 0 Å². The molecule has 0 saturated carbocycles. The number of Topliss-reactive ketones (excluding diaryl/α,β-unsaturated/α-hetero) is 1. The first-order valence-electron chi connectivity index (χ1n) is 11.1. The summed E-state index contributed by atoms with van der Waals surface area (Å²) in [6.07, 6.45) is 0. The lowest BCUT2D eigenvalue weighted by Crippen LogP contribution is -2.31. The summed E-state index contributed by atoms with van der Waals surface area (Å²) >= 11 is 4.02. The van der Waals surface area contributed by atoms with E-state index in [4.69, 9.17) is 4.74 Å². The van der Waals surface area contributed by atoms with E-state index in [0.29, 0.717) is 38.0 Å². The molecule has 10 heteroatoms. The van der Waals surface area contributed by atoms with Crippen LogP contribution >= 0.6 is 34.4 Å². The zero-order valence-electron chi connectivity index (χ0n) is 19.2. The van der Waals surface area contributed by atoms with E-state index < -0.39 is 17.7 Å². The van der Waals surface area contributed by atoms with Crippen molar-refractivity contribution in [1.29, 1.82) is 0 Å². The summed E-state index contributed by atoms with van der Waals surface area (Å²) in [5.41, 5.74) is 1.83. The van der Waals surface area contributed by atoms with Crippen molar-refractivity contribution in [2.24, 2.45) is 0 Å². The van der Waals surface area contributed by atoms with Crippen LogP contribution in [0.5, 0.6) is 5.75 Å². The molecule has 0 spiro atoms. The number of carbonyl (C=O) groups is 2. The number of ether oxygens (including phenoxy) is 1. The smallest absolute Gasteiger partial charge is 0.296 e. The topological polar surface area (TPSA) is 92.6 Å². The highest BCUT2D eigenvalue weighted by Crippen LogP contribution is 2.44. The molecule has 36 heavy (non-hydrogen) atoms. The molecule has 1 unspecified atom stereocenters. The van der Waals surface area contributed by atoms with Crippen LogP contribution in [0.3, 0.4) is 0 Å². The number of anilines is 1. The van der Waals surface area contributed by atoms with E-state index in [9.17, 15) is 14.7 Å². The van der Waals surface area contributed by atoms with Gasteiger partial charge in [0.1, 0.15) is 5.75 Å². The first-order chi connectivity index (χ1) is 17.6. The number of aromatic nitrogens is 2. The molecule has 0 aliphatic carbocycles. The second kappa shape index (κ2) is 10.7. The number of hydrogen-bond acceptors (Lipinski definition) is 9. The van der Waals surface area contributed by atoms with Gasteiger partial charge in [0.2, 0.25) is 10.9 Å². The summed E-state index contributed by atoms with van der Waals surface area (Å²) in [5.74, 6) is -0.255. The number of thioether (sulfide) groups is 1. The molecule has 2 aromatic heterocycles. The van der Waals surface area contributed by atoms with E-state index in [-0.39, 0.29) is 11.4 Å². The van der Waals surface area contributed by atoms with Gasteiger partial charge < -0.3 is 9.84 Å². The highest BCUT2D eigenvalue weighted by molar-refractivity contribution is 8.00. The van der Waals surface area contributed by atoms with Gasteiger partial charge >= 0.3 is 0 Å². The minimum absolute atomic E-state index is 0.0281. The lowest BCUT2D eigenvalue weighted by atomic mass is 9.95. The monoisotopic (exact) mass is 535 g/mol. The molecule has 7 nitrogen and oxygen atoms in total. The fraction of sp³-hybridized carbons (Fsp3) is 0.154. The normalized spacial score (nSPS) is 15.5. The maximum atomic E-state index is 13.4. The fourth-order valence-electron chi connectivity index (χ4n) is 3.88. The molecule has 4 aromatic rings. The number of hydrogen-bond donors (Lipinski definition) is 1. The maximum absolute atomic E-state index is 13.4. The Morgan fingerprint density at radius 2 is 1.86 bits per heavy atom. The molecule has 1 amide bonds. The SMILES string of the molecule is CCOc1ccc(C2C(C(=O)c3cccs3)=C(O)C(=O)N2c2nnc(SCc3ccccc3)s2)cc1. The average Bonchev–Trinajstić information content (AvgIpc) is 3.65. The van der Waals surface area contributed by atoms with Crippen molar-refractivity contribution >= 4 is 51.3 Å². The van der Waals surface area contributed by atoms with Crippen molar-refractivity contribution in [3.8, 4) is 5.75 Å². The molecule has 0 fully saturated rings. The number of benzene rings is 2. The van der Waals surface area contributed by atoms with Gasteiger partial charge in [0.15, 0.2) is 10.1 Å². The molecule has 1 aliphatic heterocycles. The van der Waals surface area contributed by atoms with Crippen LogP contribution in [0.4, 0.5) is 5.13 Å². The van der Waals surface area contributed by atoms with E-state index in [1.807, 2.05) is 37.3 Å². The highest BCUT2D eigenvalue weighted by atomic mass is 32.2. The van der Waals surface area contributed by atoms with Crippen LogP contribution in [0.15, 0.2) is 87.8 Å². The summed E-state index contributed by atoms with van der Waals surface area (Å²) in [5, 5.41) is 21.5. The van der Waals surface area contributed by atoms with Gasteiger partial charge in [-0.25, -0.2) is 0 Å². The summed E-state index contributed by atoms with van der Waals surface area (Å²) in [6, 6.07) is 19.7. The van der Waals surface area contributed by atoms with Gasteiger partial charge in [0.05, 0.1) is 23.1 Å². The summed E-state index contributed by atoms with van der Waals surface area (Å²) in [4.78, 5) is 28.5. The number of rotatable bonds is 9. The van der Waals surface area contributed by atoms with Gasteiger partial charge in [0, 0.05) is 5.75 Å². The van der Waals surface area contributed by atoms with Crippen molar-refractivity contribution < 1.29 is 19.4 Å². The van der Waals surface area contributed by atoms with Crippen LogP contribution in [0, 0.1) is 0 Å². The third kappa shape index (κ3) is 4.79. The van der Waals surface area contributed by atoms with Gasteiger partial charge in [-0.15, -0.1) is 21.5 Å². The number of carbonyl (C=O) groups excluding carboxylic acids is 2.